The van der Waals surface area contributed by atoms with Crippen LogP contribution in [0.2, 0.25) is 0 Å². The minimum atomic E-state index is 0.250. The number of benzene rings is 1. The number of aryl methyl sites for hydroxylation is 2. The lowest BCUT2D eigenvalue weighted by molar-refractivity contribution is -0.191. The molecule has 0 aromatic heterocycles. The summed E-state index contributed by atoms with van der Waals surface area (Å²) in [5, 5.41) is 0. The smallest absolute Gasteiger partial charge is 0.186 e. The Balaban J connectivity index is 0.000000673. The molecule has 2 nitrogen and oxygen atoms in total. The summed E-state index contributed by atoms with van der Waals surface area (Å²) in [6.45, 7) is 9.01. The lowest BCUT2D eigenvalue weighted by Crippen LogP contribution is -2.06. The van der Waals surface area contributed by atoms with Crippen molar-refractivity contribution < 1.29 is 9.59 Å². The van der Waals surface area contributed by atoms with Crippen LogP contribution in [0.3, 0.4) is 0 Å². The zero-order valence-corrected chi connectivity index (χ0v) is 10.5. The molecule has 0 aliphatic heterocycles. The Morgan fingerprint density at radius 2 is 1.50 bits per heavy atom. The summed E-state index contributed by atoms with van der Waals surface area (Å²) in [6.07, 6.45) is 2.71. The quantitative estimate of drug-likeness (QED) is 0.765. The zero-order valence-electron chi connectivity index (χ0n) is 10.5. The van der Waals surface area contributed by atoms with Gasteiger partial charge >= 0.3 is 6.15 Å². The summed E-state index contributed by atoms with van der Waals surface area (Å²) in [5.41, 5.74) is 3.25. The molecule has 0 N–H and O–H groups in total. The Kier molecular flexibility index (Phi) is 6.36. The third kappa shape index (κ3) is 7.95. The van der Waals surface area contributed by atoms with E-state index in [9.17, 15) is 0 Å². The monoisotopic (exact) mass is 220 g/mol. The van der Waals surface area contributed by atoms with Crippen molar-refractivity contribution in [1.29, 1.82) is 0 Å². The van der Waals surface area contributed by atoms with Crippen LogP contribution in [0.5, 0.6) is 0 Å². The maximum atomic E-state index is 8.12. The van der Waals surface area contributed by atoms with Crippen LogP contribution >= 0.6 is 0 Å². The second kappa shape index (κ2) is 6.97. The first-order valence-corrected chi connectivity index (χ1v) is 5.44. The maximum Gasteiger partial charge on any atom is 0.373 e. The van der Waals surface area contributed by atoms with Crippen LogP contribution in [0.15, 0.2) is 24.3 Å². The standard InChI is InChI=1S/C13H20.CO2/c1-11-5-7-12(8-6-11)9-10-13(2,3)4;2-1-3/h5-8H,9-10H2,1-4H3;. The van der Waals surface area contributed by atoms with Gasteiger partial charge in [-0.05, 0) is 30.7 Å². The van der Waals surface area contributed by atoms with E-state index in [0.717, 1.165) is 0 Å². The highest BCUT2D eigenvalue weighted by Gasteiger charge is 2.09. The third-order valence-corrected chi connectivity index (χ3v) is 2.28. The predicted octanol–water partition coefficient (Wildman–Crippen LogP) is 3.39. The van der Waals surface area contributed by atoms with Gasteiger partial charge in [0.1, 0.15) is 0 Å². The normalized spacial score (nSPS) is 10.0. The van der Waals surface area contributed by atoms with Gasteiger partial charge < -0.3 is 0 Å². The van der Waals surface area contributed by atoms with E-state index in [-0.39, 0.29) is 6.15 Å². The van der Waals surface area contributed by atoms with E-state index in [0.29, 0.717) is 5.41 Å². The molecular formula is C14H20O2. The molecule has 0 atom stereocenters. The average Bonchev–Trinajstić information content (AvgIpc) is 2.17. The molecule has 0 saturated carbocycles. The maximum absolute atomic E-state index is 8.12. The van der Waals surface area contributed by atoms with Gasteiger partial charge in [0.2, 0.25) is 0 Å². The van der Waals surface area contributed by atoms with Gasteiger partial charge in [-0.3, -0.25) is 0 Å². The second-order valence-electron chi connectivity index (χ2n) is 5.13. The van der Waals surface area contributed by atoms with Gasteiger partial charge in [-0.1, -0.05) is 50.6 Å². The molecule has 16 heavy (non-hydrogen) atoms. The third-order valence-electron chi connectivity index (χ3n) is 2.28. The minimum Gasteiger partial charge on any atom is -0.186 e. The predicted molar refractivity (Wildman–Crippen MR) is 64.0 cm³/mol. The van der Waals surface area contributed by atoms with Gasteiger partial charge in [0.15, 0.2) is 0 Å². The molecule has 0 aliphatic rings. The summed E-state index contributed by atoms with van der Waals surface area (Å²) in [7, 11) is 0. The van der Waals surface area contributed by atoms with Gasteiger partial charge in [-0.15, -0.1) is 0 Å². The molecule has 88 valence electrons. The fraction of sp³-hybridized carbons (Fsp3) is 0.500. The zero-order chi connectivity index (χ0) is 12.6. The summed E-state index contributed by atoms with van der Waals surface area (Å²) in [4.78, 5) is 16.2. The van der Waals surface area contributed by atoms with Crippen molar-refractivity contribution in [2.24, 2.45) is 5.41 Å². The lowest BCUT2D eigenvalue weighted by Gasteiger charge is -2.17. The van der Waals surface area contributed by atoms with Crippen molar-refractivity contribution in [3.63, 3.8) is 0 Å². The molecule has 0 fully saturated rings. The molecule has 1 aromatic rings. The summed E-state index contributed by atoms with van der Waals surface area (Å²) < 4.78 is 0. The van der Waals surface area contributed by atoms with Gasteiger partial charge in [-0.2, -0.15) is 9.59 Å². The lowest BCUT2D eigenvalue weighted by atomic mass is 9.88. The van der Waals surface area contributed by atoms with Crippen molar-refractivity contribution >= 4 is 6.15 Å². The molecule has 0 saturated heterocycles. The largest absolute Gasteiger partial charge is 0.373 e. The molecule has 2 heteroatoms. The second-order valence-corrected chi connectivity index (χ2v) is 5.13. The summed E-state index contributed by atoms with van der Waals surface area (Å²) in [6, 6.07) is 8.86. The van der Waals surface area contributed by atoms with Crippen LogP contribution in [-0.2, 0) is 16.0 Å². The highest BCUT2D eigenvalue weighted by Crippen LogP contribution is 2.21. The molecule has 0 spiro atoms. The molecule has 1 aromatic carbocycles. The van der Waals surface area contributed by atoms with Crippen LogP contribution in [0.25, 0.3) is 0 Å². The Hall–Kier alpha value is -1.40. The van der Waals surface area contributed by atoms with Gasteiger partial charge in [0.05, 0.1) is 0 Å². The van der Waals surface area contributed by atoms with E-state index in [2.05, 4.69) is 52.0 Å². The molecule has 0 amide bonds. The molecule has 0 aliphatic carbocycles. The summed E-state index contributed by atoms with van der Waals surface area (Å²) >= 11 is 0. The number of rotatable bonds is 2. The highest BCUT2D eigenvalue weighted by molar-refractivity contribution is 5.21. The van der Waals surface area contributed by atoms with E-state index >= 15 is 0 Å². The van der Waals surface area contributed by atoms with Gasteiger partial charge in [-0.25, -0.2) is 0 Å². The van der Waals surface area contributed by atoms with Crippen molar-refractivity contribution in [2.75, 3.05) is 0 Å². The molecule has 0 heterocycles. The van der Waals surface area contributed by atoms with Crippen LogP contribution in [0, 0.1) is 12.3 Å². The van der Waals surface area contributed by atoms with Crippen LogP contribution in [-0.4, -0.2) is 6.15 Å². The molecule has 1 rings (SSSR count). The number of carbonyl (C=O) groups excluding carboxylic acids is 2. The van der Waals surface area contributed by atoms with E-state index < -0.39 is 0 Å². The first-order valence-electron chi connectivity index (χ1n) is 5.44. The molecule has 0 bridgehead atoms. The topological polar surface area (TPSA) is 34.1 Å². The Labute approximate surface area is 97.7 Å². The Morgan fingerprint density at radius 3 is 1.88 bits per heavy atom. The van der Waals surface area contributed by atoms with E-state index in [1.165, 1.54) is 24.0 Å². The SMILES string of the molecule is Cc1ccc(CCC(C)(C)C)cc1.O=C=O. The fourth-order valence-corrected chi connectivity index (χ4v) is 1.27. The molecule has 0 unspecified atom stereocenters. The minimum absolute atomic E-state index is 0.250. The summed E-state index contributed by atoms with van der Waals surface area (Å²) in [5.74, 6) is 0. The number of hydrogen-bond donors (Lipinski definition) is 0. The molecule has 0 radical (unpaired) electrons. The van der Waals surface area contributed by atoms with Crippen molar-refractivity contribution in [1.82, 2.24) is 0 Å². The highest BCUT2D eigenvalue weighted by atomic mass is 16.2. The van der Waals surface area contributed by atoms with Gasteiger partial charge in [0, 0.05) is 0 Å². The van der Waals surface area contributed by atoms with Crippen molar-refractivity contribution in [3.05, 3.63) is 35.4 Å². The average molecular weight is 220 g/mol. The van der Waals surface area contributed by atoms with Crippen molar-refractivity contribution in [3.8, 4) is 0 Å². The van der Waals surface area contributed by atoms with E-state index in [1.807, 2.05) is 0 Å². The fourth-order valence-electron chi connectivity index (χ4n) is 1.27. The number of hydrogen-bond acceptors (Lipinski definition) is 2. The van der Waals surface area contributed by atoms with Crippen LogP contribution in [0.4, 0.5) is 0 Å². The van der Waals surface area contributed by atoms with Crippen LogP contribution < -0.4 is 0 Å². The molecular weight excluding hydrogens is 200 g/mol. The Bertz CT molecular complexity index is 325. The Morgan fingerprint density at radius 1 is 1.06 bits per heavy atom. The first kappa shape index (κ1) is 14.6. The van der Waals surface area contributed by atoms with E-state index in [1.54, 1.807) is 0 Å². The van der Waals surface area contributed by atoms with E-state index in [4.69, 9.17) is 9.59 Å². The first-order chi connectivity index (χ1) is 7.39. The van der Waals surface area contributed by atoms with Crippen molar-refractivity contribution in [2.45, 2.75) is 40.5 Å². The van der Waals surface area contributed by atoms with Gasteiger partial charge in [0.25, 0.3) is 0 Å². The van der Waals surface area contributed by atoms with Crippen LogP contribution in [0.1, 0.15) is 38.3 Å².